The molecule has 0 N–H and O–H groups in total. The Bertz CT molecular complexity index is 401. The van der Waals surface area contributed by atoms with Crippen LogP contribution in [0.25, 0.3) is 0 Å². The summed E-state index contributed by atoms with van der Waals surface area (Å²) in [5.74, 6) is 0.389. The van der Waals surface area contributed by atoms with Gasteiger partial charge in [0.05, 0.1) is 25.7 Å². The van der Waals surface area contributed by atoms with Gasteiger partial charge in [0.1, 0.15) is 6.10 Å². The van der Waals surface area contributed by atoms with Crippen LogP contribution < -0.4 is 0 Å². The molecule has 1 saturated carbocycles. The van der Waals surface area contributed by atoms with E-state index in [2.05, 4.69) is 0 Å². The average Bonchev–Trinajstić information content (AvgIpc) is 3.20. The van der Waals surface area contributed by atoms with Gasteiger partial charge >= 0.3 is 5.97 Å². The van der Waals surface area contributed by atoms with E-state index in [4.69, 9.17) is 23.7 Å². The number of rotatable bonds is 4. The molecule has 3 heterocycles. The highest BCUT2D eigenvalue weighted by molar-refractivity contribution is 5.72. The van der Waals surface area contributed by atoms with Gasteiger partial charge in [0, 0.05) is 25.4 Å². The SMILES string of the molecule is O=C1C[C@@H]2[C@@H](CC3OCCO3)[C@H](OC3CCCCO3)C[C@@H]2O1. The largest absolute Gasteiger partial charge is 0.462 e. The summed E-state index contributed by atoms with van der Waals surface area (Å²) in [4.78, 5) is 11.6. The Hall–Kier alpha value is -0.690. The molecule has 4 aliphatic rings. The molecule has 3 aliphatic heterocycles. The van der Waals surface area contributed by atoms with Crippen molar-refractivity contribution in [1.82, 2.24) is 0 Å². The van der Waals surface area contributed by atoms with Crippen molar-refractivity contribution in [2.45, 2.75) is 63.3 Å². The van der Waals surface area contributed by atoms with E-state index in [1.54, 1.807) is 0 Å². The summed E-state index contributed by atoms with van der Waals surface area (Å²) in [5, 5.41) is 0. The van der Waals surface area contributed by atoms with E-state index in [-0.39, 0.29) is 42.6 Å². The minimum absolute atomic E-state index is 0.00695. The highest BCUT2D eigenvalue weighted by Crippen LogP contribution is 2.46. The molecule has 0 aromatic heterocycles. The lowest BCUT2D eigenvalue weighted by Gasteiger charge is -2.30. The molecular weight excluding hydrogens is 288 g/mol. The number of esters is 1. The van der Waals surface area contributed by atoms with Crippen molar-refractivity contribution < 1.29 is 28.5 Å². The smallest absolute Gasteiger partial charge is 0.306 e. The van der Waals surface area contributed by atoms with Gasteiger partial charge in [-0.05, 0) is 25.2 Å². The van der Waals surface area contributed by atoms with E-state index >= 15 is 0 Å². The first-order valence-electron chi connectivity index (χ1n) is 8.49. The van der Waals surface area contributed by atoms with Crippen LogP contribution >= 0.6 is 0 Å². The summed E-state index contributed by atoms with van der Waals surface area (Å²) >= 11 is 0. The summed E-state index contributed by atoms with van der Waals surface area (Å²) in [6.45, 7) is 2.08. The summed E-state index contributed by atoms with van der Waals surface area (Å²) in [7, 11) is 0. The van der Waals surface area contributed by atoms with Crippen LogP contribution in [0.3, 0.4) is 0 Å². The van der Waals surface area contributed by atoms with E-state index in [0.717, 1.165) is 38.7 Å². The van der Waals surface area contributed by atoms with E-state index in [1.165, 1.54) is 0 Å². The number of hydrogen-bond acceptors (Lipinski definition) is 6. The summed E-state index contributed by atoms with van der Waals surface area (Å²) in [6, 6.07) is 0. The van der Waals surface area contributed by atoms with Gasteiger partial charge in [0.15, 0.2) is 12.6 Å². The second kappa shape index (κ2) is 6.43. The molecule has 1 aliphatic carbocycles. The molecule has 0 bridgehead atoms. The molecule has 6 nitrogen and oxygen atoms in total. The molecule has 0 aromatic carbocycles. The van der Waals surface area contributed by atoms with E-state index in [9.17, 15) is 4.79 Å². The lowest BCUT2D eigenvalue weighted by Crippen LogP contribution is -2.33. The molecule has 1 unspecified atom stereocenters. The van der Waals surface area contributed by atoms with Gasteiger partial charge in [-0.15, -0.1) is 0 Å². The van der Waals surface area contributed by atoms with Crippen molar-refractivity contribution >= 4 is 5.97 Å². The average molecular weight is 312 g/mol. The molecule has 5 atom stereocenters. The van der Waals surface area contributed by atoms with Gasteiger partial charge in [0.25, 0.3) is 0 Å². The Kier molecular flexibility index (Phi) is 4.35. The Morgan fingerprint density at radius 1 is 1.09 bits per heavy atom. The first kappa shape index (κ1) is 14.9. The topological polar surface area (TPSA) is 63.2 Å². The Labute approximate surface area is 130 Å². The molecule has 3 saturated heterocycles. The predicted molar refractivity (Wildman–Crippen MR) is 74.9 cm³/mol. The van der Waals surface area contributed by atoms with Gasteiger partial charge in [-0.25, -0.2) is 0 Å². The fraction of sp³-hybridized carbons (Fsp3) is 0.938. The predicted octanol–water partition coefficient (Wildman–Crippen LogP) is 1.61. The molecule has 0 spiro atoms. The minimum atomic E-state index is -0.169. The highest BCUT2D eigenvalue weighted by Gasteiger charge is 2.52. The second-order valence-corrected chi connectivity index (χ2v) is 6.67. The number of hydrogen-bond donors (Lipinski definition) is 0. The zero-order chi connectivity index (χ0) is 14.9. The highest BCUT2D eigenvalue weighted by atomic mass is 16.7. The molecule has 6 heteroatoms. The maximum atomic E-state index is 11.6. The quantitative estimate of drug-likeness (QED) is 0.735. The Morgan fingerprint density at radius 2 is 1.95 bits per heavy atom. The lowest BCUT2D eigenvalue weighted by atomic mass is 9.89. The normalized spacial score (nSPS) is 42.5. The zero-order valence-electron chi connectivity index (χ0n) is 12.8. The van der Waals surface area contributed by atoms with Crippen LogP contribution in [0.1, 0.15) is 38.5 Å². The Morgan fingerprint density at radius 3 is 2.73 bits per heavy atom. The third-order valence-electron chi connectivity index (χ3n) is 5.27. The maximum absolute atomic E-state index is 11.6. The van der Waals surface area contributed by atoms with Crippen molar-refractivity contribution in [2.75, 3.05) is 19.8 Å². The molecule has 0 amide bonds. The third-order valence-corrected chi connectivity index (χ3v) is 5.27. The first-order chi connectivity index (χ1) is 10.8. The summed E-state index contributed by atoms with van der Waals surface area (Å²) in [6.07, 6.45) is 5.04. The van der Waals surface area contributed by atoms with Gasteiger partial charge in [0.2, 0.25) is 0 Å². The van der Waals surface area contributed by atoms with Gasteiger partial charge in [-0.3, -0.25) is 4.79 Å². The maximum Gasteiger partial charge on any atom is 0.306 e. The van der Waals surface area contributed by atoms with E-state index in [1.807, 2.05) is 0 Å². The number of fused-ring (bicyclic) bond motifs is 1. The Balaban J connectivity index is 1.42. The number of carbonyl (C=O) groups is 1. The minimum Gasteiger partial charge on any atom is -0.462 e. The van der Waals surface area contributed by atoms with Crippen LogP contribution in [0.15, 0.2) is 0 Å². The van der Waals surface area contributed by atoms with Crippen molar-refractivity contribution in [1.29, 1.82) is 0 Å². The summed E-state index contributed by atoms with van der Waals surface area (Å²) < 4.78 is 28.6. The van der Waals surface area contributed by atoms with Crippen molar-refractivity contribution in [3.05, 3.63) is 0 Å². The van der Waals surface area contributed by atoms with Gasteiger partial charge < -0.3 is 23.7 Å². The monoisotopic (exact) mass is 312 g/mol. The zero-order valence-corrected chi connectivity index (χ0v) is 12.8. The standard InChI is InChI=1S/C16H24O6/c17-14-7-10-11(8-16-19-5-6-20-16)13(9-12(10)21-14)22-15-3-1-2-4-18-15/h10-13,15-16H,1-9H2/t10-,11-,12+,13-,15?/m1/s1. The molecule has 22 heavy (non-hydrogen) atoms. The first-order valence-corrected chi connectivity index (χ1v) is 8.49. The van der Waals surface area contributed by atoms with Crippen LogP contribution in [0.4, 0.5) is 0 Å². The van der Waals surface area contributed by atoms with Crippen molar-refractivity contribution in [3.8, 4) is 0 Å². The summed E-state index contributed by atoms with van der Waals surface area (Å²) in [5.41, 5.74) is 0. The molecular formula is C16H24O6. The molecule has 0 aromatic rings. The fourth-order valence-corrected chi connectivity index (χ4v) is 4.22. The van der Waals surface area contributed by atoms with Crippen LogP contribution in [0, 0.1) is 11.8 Å². The number of carbonyl (C=O) groups excluding carboxylic acids is 1. The van der Waals surface area contributed by atoms with Crippen LogP contribution in [-0.4, -0.2) is 50.6 Å². The van der Waals surface area contributed by atoms with E-state index in [0.29, 0.717) is 19.6 Å². The fourth-order valence-electron chi connectivity index (χ4n) is 4.22. The van der Waals surface area contributed by atoms with Crippen molar-refractivity contribution in [3.63, 3.8) is 0 Å². The van der Waals surface area contributed by atoms with Crippen LogP contribution in [0.5, 0.6) is 0 Å². The van der Waals surface area contributed by atoms with Gasteiger partial charge in [-0.2, -0.15) is 0 Å². The molecule has 0 radical (unpaired) electrons. The molecule has 4 fully saturated rings. The number of ether oxygens (including phenoxy) is 5. The lowest BCUT2D eigenvalue weighted by molar-refractivity contribution is -0.201. The van der Waals surface area contributed by atoms with Crippen molar-refractivity contribution in [2.24, 2.45) is 11.8 Å². The second-order valence-electron chi connectivity index (χ2n) is 6.67. The molecule has 124 valence electrons. The van der Waals surface area contributed by atoms with Crippen LogP contribution in [0.2, 0.25) is 0 Å². The third kappa shape index (κ3) is 3.02. The van der Waals surface area contributed by atoms with E-state index < -0.39 is 0 Å². The molecule has 4 rings (SSSR count). The van der Waals surface area contributed by atoms with Gasteiger partial charge in [-0.1, -0.05) is 0 Å². The van der Waals surface area contributed by atoms with Crippen LogP contribution in [-0.2, 0) is 28.5 Å².